The second-order valence-corrected chi connectivity index (χ2v) is 6.55. The number of amides is 2. The highest BCUT2D eigenvalue weighted by Gasteiger charge is 2.35. The standard InChI is InChI=1S/C21H24N2O4/c1-3-10-27-19-12-14(8-9-18(19)26-2)11-17(20(22)24)23-13-15-6-4-5-7-16(15)21(23)25/h4-9,12,17H,3,10-11,13H2,1-2H3,(H2,22,24). The number of fused-ring (bicyclic) bond motifs is 1. The number of methoxy groups -OCH3 is 1. The van der Waals surface area contributed by atoms with Crippen molar-refractivity contribution in [3.8, 4) is 11.5 Å². The van der Waals surface area contributed by atoms with E-state index in [1.807, 2.05) is 37.3 Å². The van der Waals surface area contributed by atoms with Crippen molar-refractivity contribution < 1.29 is 19.1 Å². The molecule has 1 unspecified atom stereocenters. The van der Waals surface area contributed by atoms with Crippen molar-refractivity contribution in [1.82, 2.24) is 4.90 Å². The number of carbonyl (C=O) groups excluding carboxylic acids is 2. The van der Waals surface area contributed by atoms with E-state index in [2.05, 4.69) is 0 Å². The largest absolute Gasteiger partial charge is 0.493 e. The molecule has 0 radical (unpaired) electrons. The molecule has 142 valence electrons. The lowest BCUT2D eigenvalue weighted by Gasteiger charge is -2.25. The second kappa shape index (κ2) is 8.12. The van der Waals surface area contributed by atoms with E-state index in [-0.39, 0.29) is 5.91 Å². The van der Waals surface area contributed by atoms with Crippen LogP contribution in [0.2, 0.25) is 0 Å². The van der Waals surface area contributed by atoms with Gasteiger partial charge in [-0.2, -0.15) is 0 Å². The summed E-state index contributed by atoms with van der Waals surface area (Å²) in [5.41, 5.74) is 8.05. The van der Waals surface area contributed by atoms with Gasteiger partial charge in [-0.1, -0.05) is 31.2 Å². The van der Waals surface area contributed by atoms with E-state index in [1.54, 1.807) is 24.1 Å². The Morgan fingerprint density at radius 2 is 2.00 bits per heavy atom. The molecule has 0 saturated heterocycles. The molecule has 1 aliphatic rings. The number of primary amides is 1. The SMILES string of the molecule is CCCOc1cc(CC(C(N)=O)N2Cc3ccccc3C2=O)ccc1OC. The number of nitrogens with zero attached hydrogens (tertiary/aromatic N) is 1. The number of ether oxygens (including phenoxy) is 2. The lowest BCUT2D eigenvalue weighted by molar-refractivity contribution is -0.122. The van der Waals surface area contributed by atoms with Crippen LogP contribution in [-0.2, 0) is 17.8 Å². The molecule has 2 aromatic rings. The van der Waals surface area contributed by atoms with Gasteiger partial charge in [0.1, 0.15) is 6.04 Å². The van der Waals surface area contributed by atoms with Gasteiger partial charge in [0, 0.05) is 18.5 Å². The van der Waals surface area contributed by atoms with Crippen molar-refractivity contribution in [3.05, 3.63) is 59.2 Å². The zero-order valence-corrected chi connectivity index (χ0v) is 15.6. The molecule has 0 fully saturated rings. The lowest BCUT2D eigenvalue weighted by atomic mass is 10.0. The molecule has 0 spiro atoms. The number of hydrogen-bond donors (Lipinski definition) is 1. The molecule has 1 atom stereocenters. The van der Waals surface area contributed by atoms with Crippen LogP contribution in [0.15, 0.2) is 42.5 Å². The van der Waals surface area contributed by atoms with Crippen molar-refractivity contribution >= 4 is 11.8 Å². The molecule has 1 aliphatic heterocycles. The van der Waals surface area contributed by atoms with Gasteiger partial charge in [0.15, 0.2) is 11.5 Å². The molecule has 1 heterocycles. The van der Waals surface area contributed by atoms with Gasteiger partial charge < -0.3 is 20.1 Å². The van der Waals surface area contributed by atoms with Gasteiger partial charge in [-0.05, 0) is 35.7 Å². The average Bonchev–Trinajstić information content (AvgIpc) is 3.01. The summed E-state index contributed by atoms with van der Waals surface area (Å²) in [6, 6.07) is 12.2. The molecule has 27 heavy (non-hydrogen) atoms. The van der Waals surface area contributed by atoms with Gasteiger partial charge in [-0.3, -0.25) is 9.59 Å². The summed E-state index contributed by atoms with van der Waals surface area (Å²) in [5.74, 6) is 0.567. The smallest absolute Gasteiger partial charge is 0.255 e. The van der Waals surface area contributed by atoms with Crippen LogP contribution in [0, 0.1) is 0 Å². The summed E-state index contributed by atoms with van der Waals surface area (Å²) in [6.45, 7) is 2.98. The molecule has 3 rings (SSSR count). The van der Waals surface area contributed by atoms with E-state index >= 15 is 0 Å². The maximum atomic E-state index is 12.7. The fraction of sp³-hybridized carbons (Fsp3) is 0.333. The van der Waals surface area contributed by atoms with Gasteiger partial charge in [-0.15, -0.1) is 0 Å². The van der Waals surface area contributed by atoms with Crippen LogP contribution >= 0.6 is 0 Å². The van der Waals surface area contributed by atoms with Crippen LogP contribution in [0.3, 0.4) is 0 Å². The predicted molar refractivity (Wildman–Crippen MR) is 102 cm³/mol. The van der Waals surface area contributed by atoms with Gasteiger partial charge in [0.2, 0.25) is 5.91 Å². The number of nitrogens with two attached hydrogens (primary N) is 1. The first-order chi connectivity index (χ1) is 13.0. The minimum Gasteiger partial charge on any atom is -0.493 e. The molecule has 6 nitrogen and oxygen atoms in total. The Labute approximate surface area is 158 Å². The highest BCUT2D eigenvalue weighted by Crippen LogP contribution is 2.30. The van der Waals surface area contributed by atoms with Crippen LogP contribution in [0.1, 0.15) is 34.8 Å². The summed E-state index contributed by atoms with van der Waals surface area (Å²) in [5, 5.41) is 0. The number of rotatable bonds is 8. The highest BCUT2D eigenvalue weighted by atomic mass is 16.5. The van der Waals surface area contributed by atoms with Crippen molar-refractivity contribution in [2.24, 2.45) is 5.73 Å². The van der Waals surface area contributed by atoms with Crippen LogP contribution < -0.4 is 15.2 Å². The molecule has 0 aliphatic carbocycles. The Bertz CT molecular complexity index is 850. The number of carbonyl (C=O) groups is 2. The summed E-state index contributed by atoms with van der Waals surface area (Å²) in [4.78, 5) is 26.4. The van der Waals surface area contributed by atoms with Gasteiger partial charge in [0.05, 0.1) is 13.7 Å². The Kier molecular flexibility index (Phi) is 5.64. The third kappa shape index (κ3) is 3.89. The maximum Gasteiger partial charge on any atom is 0.255 e. The first-order valence-corrected chi connectivity index (χ1v) is 9.03. The first-order valence-electron chi connectivity index (χ1n) is 9.03. The Hall–Kier alpha value is -3.02. The fourth-order valence-corrected chi connectivity index (χ4v) is 3.29. The molecule has 0 aromatic heterocycles. The van der Waals surface area contributed by atoms with Crippen LogP contribution in [0.4, 0.5) is 0 Å². The van der Waals surface area contributed by atoms with E-state index in [0.717, 1.165) is 17.5 Å². The van der Waals surface area contributed by atoms with Crippen molar-refractivity contribution in [2.75, 3.05) is 13.7 Å². The summed E-state index contributed by atoms with van der Waals surface area (Å²) in [6.07, 6.45) is 1.19. The zero-order valence-electron chi connectivity index (χ0n) is 15.6. The normalized spacial score (nSPS) is 14.0. The Morgan fingerprint density at radius 3 is 2.67 bits per heavy atom. The van der Waals surface area contributed by atoms with Gasteiger partial charge in [0.25, 0.3) is 5.91 Å². The van der Waals surface area contributed by atoms with Crippen molar-refractivity contribution in [2.45, 2.75) is 32.4 Å². The zero-order chi connectivity index (χ0) is 19.4. The lowest BCUT2D eigenvalue weighted by Crippen LogP contribution is -2.46. The molecule has 0 saturated carbocycles. The Balaban J connectivity index is 1.84. The van der Waals surface area contributed by atoms with Crippen LogP contribution in [-0.4, -0.2) is 36.5 Å². The third-order valence-electron chi connectivity index (χ3n) is 4.67. The monoisotopic (exact) mass is 368 g/mol. The first kappa shape index (κ1) is 18.8. The molecular weight excluding hydrogens is 344 g/mol. The number of benzene rings is 2. The van der Waals surface area contributed by atoms with Crippen molar-refractivity contribution in [3.63, 3.8) is 0 Å². The molecule has 0 bridgehead atoms. The fourth-order valence-electron chi connectivity index (χ4n) is 3.29. The van der Waals surface area contributed by atoms with Crippen molar-refractivity contribution in [1.29, 1.82) is 0 Å². The van der Waals surface area contributed by atoms with Gasteiger partial charge in [-0.25, -0.2) is 0 Å². The van der Waals surface area contributed by atoms with E-state index in [4.69, 9.17) is 15.2 Å². The molecule has 2 N–H and O–H groups in total. The summed E-state index contributed by atoms with van der Waals surface area (Å²) in [7, 11) is 1.58. The Morgan fingerprint density at radius 1 is 1.22 bits per heavy atom. The topological polar surface area (TPSA) is 81.9 Å². The summed E-state index contributed by atoms with van der Waals surface area (Å²) < 4.78 is 11.1. The second-order valence-electron chi connectivity index (χ2n) is 6.55. The van der Waals surface area contributed by atoms with Crippen LogP contribution in [0.25, 0.3) is 0 Å². The van der Waals surface area contributed by atoms with E-state index in [0.29, 0.717) is 36.6 Å². The molecule has 2 amide bonds. The maximum absolute atomic E-state index is 12.7. The molecule has 2 aromatic carbocycles. The highest BCUT2D eigenvalue weighted by molar-refractivity contribution is 6.01. The predicted octanol–water partition coefficient (Wildman–Crippen LogP) is 2.54. The molecular formula is C21H24N2O4. The summed E-state index contributed by atoms with van der Waals surface area (Å²) >= 11 is 0. The van der Waals surface area contributed by atoms with Gasteiger partial charge >= 0.3 is 0 Å². The van der Waals surface area contributed by atoms with E-state index < -0.39 is 11.9 Å². The minimum atomic E-state index is -0.725. The minimum absolute atomic E-state index is 0.162. The van der Waals surface area contributed by atoms with E-state index in [1.165, 1.54) is 0 Å². The van der Waals surface area contributed by atoms with Crippen LogP contribution in [0.5, 0.6) is 11.5 Å². The quantitative estimate of drug-likeness (QED) is 0.776. The number of hydrogen-bond acceptors (Lipinski definition) is 4. The average molecular weight is 368 g/mol. The third-order valence-corrected chi connectivity index (χ3v) is 4.67. The van der Waals surface area contributed by atoms with E-state index in [9.17, 15) is 9.59 Å². The molecule has 6 heteroatoms.